The molecule has 9 nitrogen and oxygen atoms in total. The molecule has 0 aliphatic rings. The number of nitrogens with zero attached hydrogens (tertiary/aromatic N) is 5. The van der Waals surface area contributed by atoms with Gasteiger partial charge in [0, 0.05) is 22.7 Å². The number of benzene rings is 4. The molecule has 7 N–H and O–H groups in total. The van der Waals surface area contributed by atoms with Gasteiger partial charge in [-0.2, -0.15) is 9.67 Å². The third-order valence-corrected chi connectivity index (χ3v) is 6.11. The van der Waals surface area contributed by atoms with Crippen LogP contribution in [0.1, 0.15) is 12.5 Å². The van der Waals surface area contributed by atoms with Crippen LogP contribution in [-0.2, 0) is 6.54 Å². The monoisotopic (exact) mass is 573 g/mol. The number of hydrogen-bond acceptors (Lipinski definition) is 5. The SMILES string of the molecule is CC[n+]1c(-c2ccccc2)c2cc(N=NNc3cccc(C=NN=C(N)N)c3)ccc2c2ccc(N)cc21.Cl.[Cl-]. The van der Waals surface area contributed by atoms with E-state index in [2.05, 4.69) is 67.8 Å². The van der Waals surface area contributed by atoms with E-state index in [1.807, 2.05) is 60.7 Å². The van der Waals surface area contributed by atoms with E-state index in [0.29, 0.717) is 0 Å². The Kier molecular flexibility index (Phi) is 9.97. The van der Waals surface area contributed by atoms with Gasteiger partial charge in [-0.3, -0.25) is 5.43 Å². The van der Waals surface area contributed by atoms with Crippen LogP contribution in [0.25, 0.3) is 32.9 Å². The first-order valence-corrected chi connectivity index (χ1v) is 12.2. The number of guanidine groups is 1. The highest BCUT2D eigenvalue weighted by molar-refractivity contribution is 6.10. The van der Waals surface area contributed by atoms with Crippen LogP contribution in [0, 0.1) is 0 Å². The van der Waals surface area contributed by atoms with Crippen LogP contribution < -0.4 is 39.6 Å². The molecule has 4 aromatic carbocycles. The zero-order chi connectivity index (χ0) is 26.5. The van der Waals surface area contributed by atoms with Gasteiger partial charge in [-0.15, -0.1) is 22.6 Å². The summed E-state index contributed by atoms with van der Waals surface area (Å²) in [4.78, 5) is 0. The number of aryl methyl sites for hydroxylation is 1. The van der Waals surface area contributed by atoms with Crippen LogP contribution in [0.3, 0.4) is 0 Å². The van der Waals surface area contributed by atoms with Crippen LogP contribution in [0.15, 0.2) is 112 Å². The van der Waals surface area contributed by atoms with Crippen LogP contribution in [-0.4, -0.2) is 12.2 Å². The minimum Gasteiger partial charge on any atom is -1.00 e. The van der Waals surface area contributed by atoms with E-state index in [4.69, 9.17) is 17.2 Å². The van der Waals surface area contributed by atoms with Crippen molar-refractivity contribution in [1.82, 2.24) is 0 Å². The first-order valence-electron chi connectivity index (χ1n) is 12.2. The highest BCUT2D eigenvalue weighted by Crippen LogP contribution is 2.34. The minimum atomic E-state index is -0.100. The molecule has 0 radical (unpaired) electrons. The maximum atomic E-state index is 6.18. The number of nitrogens with one attached hydrogen (secondary N) is 1. The van der Waals surface area contributed by atoms with E-state index in [1.54, 1.807) is 6.21 Å². The summed E-state index contributed by atoms with van der Waals surface area (Å²) in [6.45, 7) is 2.93. The van der Waals surface area contributed by atoms with Crippen molar-refractivity contribution < 1.29 is 17.0 Å². The summed E-state index contributed by atoms with van der Waals surface area (Å²) in [6.07, 6.45) is 1.55. The number of hydrogen-bond donors (Lipinski definition) is 4. The van der Waals surface area contributed by atoms with Crippen molar-refractivity contribution in [2.45, 2.75) is 13.5 Å². The fourth-order valence-electron chi connectivity index (χ4n) is 4.52. The standard InChI is InChI=1S/C29H27N9.2ClH/c1-2-38-27-16-21(30)11-13-25(27)24-14-12-23(17-26(24)28(38)20-8-4-3-5-9-20)35-37-34-22-10-6-7-19(15-22)18-33-36-29(31)32;;/h3-18,30H,2H2,1H3,(H5,31,32,34,35,36);2*1H. The lowest BCUT2D eigenvalue weighted by atomic mass is 9.98. The quantitative estimate of drug-likeness (QED) is 0.0451. The van der Waals surface area contributed by atoms with Crippen molar-refractivity contribution in [1.29, 1.82) is 0 Å². The van der Waals surface area contributed by atoms with Crippen molar-refractivity contribution in [3.63, 3.8) is 0 Å². The summed E-state index contributed by atoms with van der Waals surface area (Å²) < 4.78 is 2.30. The van der Waals surface area contributed by atoms with E-state index in [9.17, 15) is 0 Å². The van der Waals surface area contributed by atoms with E-state index in [1.165, 1.54) is 0 Å². The predicted molar refractivity (Wildman–Crippen MR) is 162 cm³/mol. The molecule has 0 bridgehead atoms. The second-order valence-corrected chi connectivity index (χ2v) is 8.67. The van der Waals surface area contributed by atoms with Crippen molar-refractivity contribution >= 4 is 63.3 Å². The summed E-state index contributed by atoms with van der Waals surface area (Å²) in [5, 5.41) is 19.5. The molecule has 0 fully saturated rings. The first-order chi connectivity index (χ1) is 18.5. The molecule has 0 aliphatic heterocycles. The number of pyridine rings is 1. The Labute approximate surface area is 244 Å². The average molecular weight is 575 g/mol. The Hall–Kier alpha value is -4.73. The van der Waals surface area contributed by atoms with Gasteiger partial charge >= 0.3 is 0 Å². The highest BCUT2D eigenvalue weighted by Gasteiger charge is 2.22. The lowest BCUT2D eigenvalue weighted by Gasteiger charge is -2.12. The molecule has 11 heteroatoms. The number of anilines is 2. The van der Waals surface area contributed by atoms with Gasteiger partial charge in [0.2, 0.25) is 17.2 Å². The smallest absolute Gasteiger partial charge is 0.220 e. The Morgan fingerprint density at radius 2 is 1.65 bits per heavy atom. The zero-order valence-electron chi connectivity index (χ0n) is 21.7. The molecule has 0 unspecified atom stereocenters. The van der Waals surface area contributed by atoms with Gasteiger partial charge in [0.15, 0.2) is 0 Å². The van der Waals surface area contributed by atoms with Gasteiger partial charge in [-0.05, 0) is 61.0 Å². The number of aromatic nitrogens is 1. The number of rotatable bonds is 7. The molecule has 0 atom stereocenters. The largest absolute Gasteiger partial charge is 1.00 e. The third-order valence-electron chi connectivity index (χ3n) is 6.11. The van der Waals surface area contributed by atoms with Gasteiger partial charge in [0.1, 0.15) is 6.54 Å². The van der Waals surface area contributed by atoms with Crippen LogP contribution in [0.5, 0.6) is 0 Å². The number of fused-ring (bicyclic) bond motifs is 3. The Morgan fingerprint density at radius 1 is 0.875 bits per heavy atom. The molecular weight excluding hydrogens is 545 g/mol. The fraction of sp³-hybridized carbons (Fsp3) is 0.0690. The van der Waals surface area contributed by atoms with Gasteiger partial charge < -0.3 is 29.6 Å². The van der Waals surface area contributed by atoms with Gasteiger partial charge in [0.25, 0.3) is 0 Å². The number of halogens is 2. The highest BCUT2D eigenvalue weighted by atomic mass is 35.5. The average Bonchev–Trinajstić information content (AvgIpc) is 2.92. The Balaban J connectivity index is 0.00000220. The van der Waals surface area contributed by atoms with Crippen LogP contribution in [0.2, 0.25) is 0 Å². The minimum absolute atomic E-state index is 0. The molecule has 5 aromatic rings. The molecular formula is C29H29Cl2N9. The van der Waals surface area contributed by atoms with E-state index in [-0.39, 0.29) is 30.8 Å². The molecule has 1 aromatic heterocycles. The van der Waals surface area contributed by atoms with Crippen molar-refractivity contribution in [3.8, 4) is 11.3 Å². The number of nitrogen functional groups attached to an aromatic ring is 1. The third kappa shape index (κ3) is 6.45. The molecule has 40 heavy (non-hydrogen) atoms. The first kappa shape index (κ1) is 29.8. The summed E-state index contributed by atoms with van der Waals surface area (Å²) in [5.74, 6) is -0.100. The van der Waals surface area contributed by atoms with Gasteiger partial charge in [-0.25, -0.2) is 0 Å². The second-order valence-electron chi connectivity index (χ2n) is 8.67. The van der Waals surface area contributed by atoms with Crippen LogP contribution >= 0.6 is 12.4 Å². The zero-order valence-corrected chi connectivity index (χ0v) is 23.3. The summed E-state index contributed by atoms with van der Waals surface area (Å²) in [7, 11) is 0. The number of nitrogens with two attached hydrogens (primary N) is 3. The molecule has 0 saturated carbocycles. The summed E-state index contributed by atoms with van der Waals surface area (Å²) >= 11 is 0. The van der Waals surface area contributed by atoms with E-state index in [0.717, 1.165) is 62.1 Å². The maximum absolute atomic E-state index is 6.18. The molecule has 5 rings (SSSR count). The lowest BCUT2D eigenvalue weighted by Crippen LogP contribution is -3.00. The topological polar surface area (TPSA) is 143 Å². The molecule has 0 aliphatic carbocycles. The van der Waals surface area contributed by atoms with Crippen molar-refractivity contribution in [3.05, 3.63) is 96.6 Å². The second kappa shape index (κ2) is 13.4. The maximum Gasteiger partial charge on any atom is 0.220 e. The van der Waals surface area contributed by atoms with E-state index >= 15 is 0 Å². The normalized spacial score (nSPS) is 10.9. The molecule has 1 heterocycles. The Bertz CT molecular complexity index is 1710. The molecule has 0 spiro atoms. The Morgan fingerprint density at radius 3 is 2.40 bits per heavy atom. The van der Waals surface area contributed by atoms with Gasteiger partial charge in [0.05, 0.1) is 28.4 Å². The predicted octanol–water partition coefficient (Wildman–Crippen LogP) is 2.69. The molecule has 0 amide bonds. The fourth-order valence-corrected chi connectivity index (χ4v) is 4.52. The van der Waals surface area contributed by atoms with E-state index < -0.39 is 0 Å². The summed E-state index contributed by atoms with van der Waals surface area (Å²) in [6, 6.07) is 30.1. The molecule has 204 valence electrons. The lowest BCUT2D eigenvalue weighted by molar-refractivity contribution is -0.655. The van der Waals surface area contributed by atoms with Crippen molar-refractivity contribution in [2.24, 2.45) is 32.0 Å². The van der Waals surface area contributed by atoms with Gasteiger partial charge in [-0.1, -0.05) is 41.6 Å². The molecule has 0 saturated heterocycles. The van der Waals surface area contributed by atoms with Crippen molar-refractivity contribution in [2.75, 3.05) is 11.2 Å². The summed E-state index contributed by atoms with van der Waals surface area (Å²) in [5.41, 5.74) is 26.1. The van der Waals surface area contributed by atoms with Crippen LogP contribution in [0.4, 0.5) is 17.1 Å².